The molecule has 4 heteroatoms. The number of para-hydroxylation sites is 2. The van der Waals surface area contributed by atoms with Gasteiger partial charge in [-0.25, -0.2) is 0 Å². The maximum atomic E-state index is 6.16. The van der Waals surface area contributed by atoms with Gasteiger partial charge in [0.05, 0.1) is 11.4 Å². The highest BCUT2D eigenvalue weighted by atomic mass is 35.5. The third-order valence-corrected chi connectivity index (χ3v) is 3.51. The van der Waals surface area contributed by atoms with Gasteiger partial charge < -0.3 is 10.6 Å². The molecular formula is C14H14Cl2N2. The molecule has 2 rings (SSSR count). The SMILES string of the molecule is CN(Cc1c(Cl)cccc1Cl)c1ccccc1N. The van der Waals surface area contributed by atoms with E-state index in [1.54, 1.807) is 0 Å². The molecule has 0 unspecified atom stereocenters. The summed E-state index contributed by atoms with van der Waals surface area (Å²) >= 11 is 12.3. The van der Waals surface area contributed by atoms with E-state index in [-0.39, 0.29) is 0 Å². The highest BCUT2D eigenvalue weighted by Crippen LogP contribution is 2.29. The summed E-state index contributed by atoms with van der Waals surface area (Å²) in [4.78, 5) is 2.03. The van der Waals surface area contributed by atoms with E-state index in [2.05, 4.69) is 0 Å². The van der Waals surface area contributed by atoms with Gasteiger partial charge in [0.1, 0.15) is 0 Å². The lowest BCUT2D eigenvalue weighted by molar-refractivity contribution is 0.925. The first-order valence-corrected chi connectivity index (χ1v) is 6.33. The van der Waals surface area contributed by atoms with Crippen LogP contribution in [0.1, 0.15) is 5.56 Å². The topological polar surface area (TPSA) is 29.3 Å². The number of halogens is 2. The standard InChI is InChI=1S/C14H14Cl2N2/c1-18(14-8-3-2-7-13(14)17)9-10-11(15)5-4-6-12(10)16/h2-8H,9,17H2,1H3. The van der Waals surface area contributed by atoms with Crippen molar-refractivity contribution in [2.24, 2.45) is 0 Å². The van der Waals surface area contributed by atoms with Crippen LogP contribution in [-0.2, 0) is 6.54 Å². The Morgan fingerprint density at radius 1 is 1.00 bits per heavy atom. The summed E-state index contributed by atoms with van der Waals surface area (Å²) in [5.41, 5.74) is 8.56. The third kappa shape index (κ3) is 2.71. The average molecular weight is 281 g/mol. The molecule has 0 amide bonds. The van der Waals surface area contributed by atoms with Gasteiger partial charge in [-0.05, 0) is 24.3 Å². The van der Waals surface area contributed by atoms with Crippen LogP contribution in [0.3, 0.4) is 0 Å². The molecule has 0 aliphatic rings. The quantitative estimate of drug-likeness (QED) is 0.854. The van der Waals surface area contributed by atoms with Crippen LogP contribution >= 0.6 is 23.2 Å². The van der Waals surface area contributed by atoms with Crippen LogP contribution in [0.2, 0.25) is 10.0 Å². The Hall–Kier alpha value is -1.38. The Balaban J connectivity index is 2.27. The molecule has 2 N–H and O–H groups in total. The van der Waals surface area contributed by atoms with Crippen molar-refractivity contribution >= 4 is 34.6 Å². The zero-order valence-electron chi connectivity index (χ0n) is 10.0. The Bertz CT molecular complexity index is 535. The van der Waals surface area contributed by atoms with E-state index in [4.69, 9.17) is 28.9 Å². The number of rotatable bonds is 3. The van der Waals surface area contributed by atoms with Crippen molar-refractivity contribution in [3.8, 4) is 0 Å². The fraction of sp³-hybridized carbons (Fsp3) is 0.143. The number of nitrogen functional groups attached to an aromatic ring is 1. The first-order chi connectivity index (χ1) is 8.59. The molecule has 0 heterocycles. The summed E-state index contributed by atoms with van der Waals surface area (Å²) in [6.07, 6.45) is 0. The van der Waals surface area contributed by atoms with Gasteiger partial charge in [0.25, 0.3) is 0 Å². The smallest absolute Gasteiger partial charge is 0.0600 e. The fourth-order valence-corrected chi connectivity index (χ4v) is 2.36. The second kappa shape index (κ2) is 5.51. The molecule has 18 heavy (non-hydrogen) atoms. The lowest BCUT2D eigenvalue weighted by atomic mass is 10.2. The van der Waals surface area contributed by atoms with Gasteiger partial charge in [-0.15, -0.1) is 0 Å². The van der Waals surface area contributed by atoms with Gasteiger partial charge in [-0.3, -0.25) is 0 Å². The summed E-state index contributed by atoms with van der Waals surface area (Å²) < 4.78 is 0. The van der Waals surface area contributed by atoms with Crippen LogP contribution in [-0.4, -0.2) is 7.05 Å². The molecule has 0 radical (unpaired) electrons. The molecule has 2 aromatic carbocycles. The molecule has 0 aliphatic carbocycles. The molecule has 94 valence electrons. The predicted molar refractivity (Wildman–Crippen MR) is 79.4 cm³/mol. The van der Waals surface area contributed by atoms with Gasteiger partial charge in [-0.1, -0.05) is 41.4 Å². The number of hydrogen-bond donors (Lipinski definition) is 1. The highest BCUT2D eigenvalue weighted by molar-refractivity contribution is 6.36. The Labute approximate surface area is 117 Å². The van der Waals surface area contributed by atoms with E-state index < -0.39 is 0 Å². The molecule has 0 saturated carbocycles. The van der Waals surface area contributed by atoms with Crippen molar-refractivity contribution in [2.75, 3.05) is 17.7 Å². The second-order valence-electron chi connectivity index (χ2n) is 4.12. The number of hydrogen-bond acceptors (Lipinski definition) is 2. The largest absolute Gasteiger partial charge is 0.397 e. The Morgan fingerprint density at radius 2 is 1.61 bits per heavy atom. The van der Waals surface area contributed by atoms with Crippen molar-refractivity contribution in [2.45, 2.75) is 6.54 Å². The minimum atomic E-state index is 0.618. The predicted octanol–water partition coefficient (Wildman–Crippen LogP) is 4.21. The van der Waals surface area contributed by atoms with Crippen molar-refractivity contribution in [3.05, 3.63) is 58.1 Å². The molecule has 2 aromatic rings. The molecule has 0 aliphatic heterocycles. The van der Waals surface area contributed by atoms with E-state index in [0.29, 0.717) is 16.6 Å². The van der Waals surface area contributed by atoms with Crippen LogP contribution in [0.5, 0.6) is 0 Å². The normalized spacial score (nSPS) is 10.4. The minimum Gasteiger partial charge on any atom is -0.397 e. The minimum absolute atomic E-state index is 0.618. The van der Waals surface area contributed by atoms with Crippen LogP contribution in [0.4, 0.5) is 11.4 Å². The summed E-state index contributed by atoms with van der Waals surface area (Å²) in [6, 6.07) is 13.2. The van der Waals surface area contributed by atoms with Crippen molar-refractivity contribution in [1.82, 2.24) is 0 Å². The molecule has 0 spiro atoms. The summed E-state index contributed by atoms with van der Waals surface area (Å²) in [6.45, 7) is 0.618. The maximum Gasteiger partial charge on any atom is 0.0600 e. The summed E-state index contributed by atoms with van der Waals surface area (Å²) in [5.74, 6) is 0. The van der Waals surface area contributed by atoms with E-state index in [1.165, 1.54) is 0 Å². The number of nitrogens with two attached hydrogens (primary N) is 1. The van der Waals surface area contributed by atoms with Gasteiger partial charge in [0.2, 0.25) is 0 Å². The molecular weight excluding hydrogens is 267 g/mol. The zero-order valence-corrected chi connectivity index (χ0v) is 11.5. The zero-order chi connectivity index (χ0) is 13.1. The lowest BCUT2D eigenvalue weighted by Crippen LogP contribution is -2.18. The molecule has 2 nitrogen and oxygen atoms in total. The van der Waals surface area contributed by atoms with Crippen molar-refractivity contribution < 1.29 is 0 Å². The van der Waals surface area contributed by atoms with Gasteiger partial charge >= 0.3 is 0 Å². The molecule has 0 aromatic heterocycles. The van der Waals surface area contributed by atoms with Crippen LogP contribution in [0.25, 0.3) is 0 Å². The van der Waals surface area contributed by atoms with Crippen molar-refractivity contribution in [3.63, 3.8) is 0 Å². The third-order valence-electron chi connectivity index (χ3n) is 2.80. The van der Waals surface area contributed by atoms with Crippen molar-refractivity contribution in [1.29, 1.82) is 0 Å². The number of benzene rings is 2. The molecule has 0 saturated heterocycles. The first kappa shape index (κ1) is 13.1. The van der Waals surface area contributed by atoms with Gasteiger partial charge in [-0.2, -0.15) is 0 Å². The van der Waals surface area contributed by atoms with Crippen LogP contribution in [0.15, 0.2) is 42.5 Å². The monoisotopic (exact) mass is 280 g/mol. The van der Waals surface area contributed by atoms with Crippen LogP contribution in [0, 0.1) is 0 Å². The maximum absolute atomic E-state index is 6.16. The summed E-state index contributed by atoms with van der Waals surface area (Å²) in [7, 11) is 1.96. The Kier molecular flexibility index (Phi) is 4.00. The van der Waals surface area contributed by atoms with E-state index >= 15 is 0 Å². The lowest BCUT2D eigenvalue weighted by Gasteiger charge is -2.22. The average Bonchev–Trinajstić information content (AvgIpc) is 2.34. The first-order valence-electron chi connectivity index (χ1n) is 5.58. The molecule has 0 fully saturated rings. The second-order valence-corrected chi connectivity index (χ2v) is 4.93. The molecule has 0 bridgehead atoms. The van der Waals surface area contributed by atoms with E-state index in [0.717, 1.165) is 16.9 Å². The Morgan fingerprint density at radius 3 is 2.22 bits per heavy atom. The summed E-state index contributed by atoms with van der Waals surface area (Å²) in [5, 5.41) is 1.34. The number of nitrogens with zero attached hydrogens (tertiary/aromatic N) is 1. The van der Waals surface area contributed by atoms with Gasteiger partial charge in [0.15, 0.2) is 0 Å². The van der Waals surface area contributed by atoms with Crippen LogP contribution < -0.4 is 10.6 Å². The molecule has 0 atom stereocenters. The highest BCUT2D eigenvalue weighted by Gasteiger charge is 2.10. The fourth-order valence-electron chi connectivity index (χ4n) is 1.84. The van der Waals surface area contributed by atoms with E-state index in [1.807, 2.05) is 54.4 Å². The van der Waals surface area contributed by atoms with E-state index in [9.17, 15) is 0 Å². The van der Waals surface area contributed by atoms with Gasteiger partial charge in [0, 0.05) is 29.2 Å². The number of anilines is 2.